The summed E-state index contributed by atoms with van der Waals surface area (Å²) in [4.78, 5) is 22.7. The van der Waals surface area contributed by atoms with Crippen LogP contribution in [0.2, 0.25) is 0 Å². The Balaban J connectivity index is 1.90. The van der Waals surface area contributed by atoms with Crippen LogP contribution in [0.25, 0.3) is 0 Å². The summed E-state index contributed by atoms with van der Waals surface area (Å²) in [5, 5.41) is 11.7. The summed E-state index contributed by atoms with van der Waals surface area (Å²) in [5.41, 5.74) is 0.706. The van der Waals surface area contributed by atoms with E-state index in [1.165, 1.54) is 0 Å². The summed E-state index contributed by atoms with van der Waals surface area (Å²) >= 11 is 0. The maximum atomic E-state index is 11.7. The molecule has 1 unspecified atom stereocenters. The predicted molar refractivity (Wildman–Crippen MR) is 63.5 cm³/mol. The zero-order chi connectivity index (χ0) is 12.3. The highest BCUT2D eigenvalue weighted by Crippen LogP contribution is 2.38. The highest BCUT2D eigenvalue weighted by atomic mass is 16.4. The summed E-state index contributed by atoms with van der Waals surface area (Å²) in [5.74, 6) is -1.43. The molecule has 0 heterocycles. The Kier molecular flexibility index (Phi) is 3.42. The lowest BCUT2D eigenvalue weighted by molar-refractivity contribution is -0.144. The van der Waals surface area contributed by atoms with Crippen LogP contribution in [0.15, 0.2) is 30.3 Å². The van der Waals surface area contributed by atoms with E-state index in [-0.39, 0.29) is 18.2 Å². The molecule has 4 heteroatoms. The smallest absolute Gasteiger partial charge is 0.307 e. The number of anilines is 1. The summed E-state index contributed by atoms with van der Waals surface area (Å²) in [6.07, 6.45) is 1.92. The van der Waals surface area contributed by atoms with Crippen molar-refractivity contribution < 1.29 is 14.7 Å². The molecular formula is C13H15NO3. The van der Waals surface area contributed by atoms with Gasteiger partial charge in [-0.3, -0.25) is 9.59 Å². The molecule has 0 bridgehead atoms. The number of rotatable bonds is 5. The standard InChI is InChI=1S/C13H15NO3/c15-12(14-10-4-2-1-3-5-10)8-11(13(16)17)9-6-7-9/h1-5,9,11H,6-8H2,(H,14,15)(H,16,17). The molecule has 0 radical (unpaired) electrons. The molecule has 2 N–H and O–H groups in total. The van der Waals surface area contributed by atoms with Crippen LogP contribution in [0, 0.1) is 11.8 Å². The Morgan fingerprint density at radius 2 is 1.94 bits per heavy atom. The summed E-state index contributed by atoms with van der Waals surface area (Å²) in [6.45, 7) is 0. The van der Waals surface area contributed by atoms with Crippen molar-refractivity contribution in [1.29, 1.82) is 0 Å². The van der Waals surface area contributed by atoms with Crippen LogP contribution in [0.5, 0.6) is 0 Å². The van der Waals surface area contributed by atoms with Crippen molar-refractivity contribution in [1.82, 2.24) is 0 Å². The van der Waals surface area contributed by atoms with E-state index in [2.05, 4.69) is 5.32 Å². The quantitative estimate of drug-likeness (QED) is 0.818. The van der Waals surface area contributed by atoms with Gasteiger partial charge in [-0.15, -0.1) is 0 Å². The van der Waals surface area contributed by atoms with Crippen LogP contribution >= 0.6 is 0 Å². The number of benzene rings is 1. The summed E-state index contributed by atoms with van der Waals surface area (Å²) < 4.78 is 0. The second kappa shape index (κ2) is 4.99. The largest absolute Gasteiger partial charge is 0.481 e. The van der Waals surface area contributed by atoms with Gasteiger partial charge >= 0.3 is 5.97 Å². The fraction of sp³-hybridized carbons (Fsp3) is 0.385. The Morgan fingerprint density at radius 3 is 2.47 bits per heavy atom. The van der Waals surface area contributed by atoms with E-state index in [0.717, 1.165) is 12.8 Å². The normalized spacial score (nSPS) is 16.2. The highest BCUT2D eigenvalue weighted by molar-refractivity contribution is 5.93. The van der Waals surface area contributed by atoms with E-state index in [0.29, 0.717) is 5.69 Å². The number of nitrogens with one attached hydrogen (secondary N) is 1. The summed E-state index contributed by atoms with van der Waals surface area (Å²) in [6, 6.07) is 9.08. The van der Waals surface area contributed by atoms with E-state index in [9.17, 15) is 9.59 Å². The zero-order valence-electron chi connectivity index (χ0n) is 9.43. The topological polar surface area (TPSA) is 66.4 Å². The molecule has 1 atom stereocenters. The number of carboxylic acid groups (broad SMARTS) is 1. The molecule has 2 rings (SSSR count). The third-order valence-electron chi connectivity index (χ3n) is 2.97. The number of para-hydroxylation sites is 1. The van der Waals surface area contributed by atoms with Gasteiger partial charge in [-0.25, -0.2) is 0 Å². The van der Waals surface area contributed by atoms with Crippen LogP contribution < -0.4 is 5.32 Å². The van der Waals surface area contributed by atoms with E-state index in [4.69, 9.17) is 5.11 Å². The van der Waals surface area contributed by atoms with Gasteiger partial charge in [-0.05, 0) is 30.9 Å². The van der Waals surface area contributed by atoms with Gasteiger partial charge in [0.25, 0.3) is 0 Å². The zero-order valence-corrected chi connectivity index (χ0v) is 9.43. The van der Waals surface area contributed by atoms with Gasteiger partial charge < -0.3 is 10.4 Å². The Hall–Kier alpha value is -1.84. The second-order valence-electron chi connectivity index (χ2n) is 4.40. The first-order valence-electron chi connectivity index (χ1n) is 5.74. The van der Waals surface area contributed by atoms with E-state index in [1.54, 1.807) is 12.1 Å². The van der Waals surface area contributed by atoms with Crippen molar-refractivity contribution in [2.24, 2.45) is 11.8 Å². The van der Waals surface area contributed by atoms with Gasteiger partial charge in [0.15, 0.2) is 0 Å². The molecule has 1 fully saturated rings. The summed E-state index contributed by atoms with van der Waals surface area (Å²) in [7, 11) is 0. The Labute approximate surface area is 99.6 Å². The molecule has 90 valence electrons. The molecule has 1 amide bonds. The maximum absolute atomic E-state index is 11.7. The van der Waals surface area contributed by atoms with Crippen LogP contribution in [0.3, 0.4) is 0 Å². The van der Waals surface area contributed by atoms with E-state index < -0.39 is 11.9 Å². The molecule has 1 saturated carbocycles. The van der Waals surface area contributed by atoms with Crippen molar-refractivity contribution in [3.05, 3.63) is 30.3 Å². The second-order valence-corrected chi connectivity index (χ2v) is 4.40. The first kappa shape index (κ1) is 11.6. The Morgan fingerprint density at radius 1 is 1.29 bits per heavy atom. The molecule has 0 aliphatic heterocycles. The van der Waals surface area contributed by atoms with Gasteiger partial charge in [-0.1, -0.05) is 18.2 Å². The average Bonchev–Trinajstić information content (AvgIpc) is 3.11. The number of hydrogen-bond acceptors (Lipinski definition) is 2. The van der Waals surface area contributed by atoms with Crippen LogP contribution in [0.4, 0.5) is 5.69 Å². The lowest BCUT2D eigenvalue weighted by Gasteiger charge is -2.11. The van der Waals surface area contributed by atoms with Gasteiger partial charge in [0, 0.05) is 12.1 Å². The molecule has 1 aromatic carbocycles. The molecule has 1 aromatic rings. The SMILES string of the molecule is O=C(CC(C(=O)O)C1CC1)Nc1ccccc1. The maximum Gasteiger partial charge on any atom is 0.307 e. The number of carbonyl (C=O) groups excluding carboxylic acids is 1. The van der Waals surface area contributed by atoms with Crippen LogP contribution in [0.1, 0.15) is 19.3 Å². The number of amides is 1. The number of carbonyl (C=O) groups is 2. The third-order valence-corrected chi connectivity index (χ3v) is 2.97. The average molecular weight is 233 g/mol. The van der Waals surface area contributed by atoms with Crippen molar-refractivity contribution in [2.45, 2.75) is 19.3 Å². The first-order chi connectivity index (χ1) is 8.16. The molecule has 0 aromatic heterocycles. The fourth-order valence-electron chi connectivity index (χ4n) is 1.89. The van der Waals surface area contributed by atoms with E-state index in [1.807, 2.05) is 18.2 Å². The molecule has 4 nitrogen and oxygen atoms in total. The Bertz CT molecular complexity index is 412. The fourth-order valence-corrected chi connectivity index (χ4v) is 1.89. The molecule has 1 aliphatic carbocycles. The number of carboxylic acids is 1. The minimum Gasteiger partial charge on any atom is -0.481 e. The molecule has 0 saturated heterocycles. The molecule has 0 spiro atoms. The number of aliphatic carboxylic acids is 1. The molecular weight excluding hydrogens is 218 g/mol. The van der Waals surface area contributed by atoms with Gasteiger partial charge in [0.2, 0.25) is 5.91 Å². The van der Waals surface area contributed by atoms with Gasteiger partial charge in [0.1, 0.15) is 0 Å². The van der Waals surface area contributed by atoms with Gasteiger partial charge in [-0.2, -0.15) is 0 Å². The molecule has 1 aliphatic rings. The number of hydrogen-bond donors (Lipinski definition) is 2. The lowest BCUT2D eigenvalue weighted by Crippen LogP contribution is -2.23. The first-order valence-corrected chi connectivity index (χ1v) is 5.74. The van der Waals surface area contributed by atoms with E-state index >= 15 is 0 Å². The van der Waals surface area contributed by atoms with Crippen molar-refractivity contribution in [3.8, 4) is 0 Å². The highest BCUT2D eigenvalue weighted by Gasteiger charge is 2.37. The van der Waals surface area contributed by atoms with Crippen molar-refractivity contribution in [3.63, 3.8) is 0 Å². The predicted octanol–water partition coefficient (Wildman–Crippen LogP) is 2.13. The minimum absolute atomic E-state index is 0.0644. The van der Waals surface area contributed by atoms with Crippen molar-refractivity contribution >= 4 is 17.6 Å². The molecule has 17 heavy (non-hydrogen) atoms. The minimum atomic E-state index is -0.865. The lowest BCUT2D eigenvalue weighted by atomic mass is 9.99. The third kappa shape index (κ3) is 3.31. The monoisotopic (exact) mass is 233 g/mol. The van der Waals surface area contributed by atoms with Crippen LogP contribution in [-0.4, -0.2) is 17.0 Å². The van der Waals surface area contributed by atoms with Gasteiger partial charge in [0.05, 0.1) is 5.92 Å². The van der Waals surface area contributed by atoms with Crippen molar-refractivity contribution in [2.75, 3.05) is 5.32 Å². The van der Waals surface area contributed by atoms with Crippen LogP contribution in [-0.2, 0) is 9.59 Å².